The number of para-hydroxylation sites is 1. The number of hydrogen-bond donors (Lipinski definition) is 0. The van der Waals surface area contributed by atoms with E-state index in [1.807, 2.05) is 0 Å². The van der Waals surface area contributed by atoms with E-state index < -0.39 is 0 Å². The second-order valence-corrected chi connectivity index (χ2v) is 14.1. The molecular weight excluding hydrogens is 655 g/mol. The fourth-order valence-electron chi connectivity index (χ4n) is 8.40. The SMILES string of the molecule is c1cc(-c2ccc3ccccc3c2)cc(N(c2ccccc2-c2ccc3oc4c5ccccc5ccc4c3c2)c2cccc3c2ccc2ccccc23)c1. The highest BCUT2D eigenvalue weighted by Gasteiger charge is 2.21. The molecule has 0 atom stereocenters. The zero-order valence-corrected chi connectivity index (χ0v) is 29.4. The molecular formula is C52H33NO. The average Bonchev–Trinajstić information content (AvgIpc) is 3.62. The molecule has 2 nitrogen and oxygen atoms in total. The van der Waals surface area contributed by atoms with Gasteiger partial charge in [-0.05, 0) is 97.5 Å². The zero-order chi connectivity index (χ0) is 35.6. The van der Waals surface area contributed by atoms with Crippen molar-refractivity contribution in [2.24, 2.45) is 0 Å². The lowest BCUT2D eigenvalue weighted by Crippen LogP contribution is -2.12. The van der Waals surface area contributed by atoms with E-state index in [4.69, 9.17) is 4.42 Å². The van der Waals surface area contributed by atoms with E-state index in [2.05, 4.69) is 205 Å². The molecule has 0 saturated carbocycles. The Morgan fingerprint density at radius 1 is 0.315 bits per heavy atom. The molecule has 0 amide bonds. The molecule has 0 spiro atoms. The van der Waals surface area contributed by atoms with Crippen LogP contribution in [0.5, 0.6) is 0 Å². The van der Waals surface area contributed by atoms with Crippen LogP contribution in [0, 0.1) is 0 Å². The number of hydrogen-bond acceptors (Lipinski definition) is 2. The van der Waals surface area contributed by atoms with Crippen LogP contribution in [0.1, 0.15) is 0 Å². The van der Waals surface area contributed by atoms with Crippen molar-refractivity contribution < 1.29 is 4.42 Å². The van der Waals surface area contributed by atoms with Crippen LogP contribution >= 0.6 is 0 Å². The summed E-state index contributed by atoms with van der Waals surface area (Å²) in [5, 5.41) is 12.0. The Hall–Kier alpha value is -7.16. The van der Waals surface area contributed by atoms with E-state index in [0.717, 1.165) is 55.5 Å². The molecule has 0 radical (unpaired) electrons. The van der Waals surface area contributed by atoms with Gasteiger partial charge in [0.1, 0.15) is 11.2 Å². The molecule has 0 aliphatic rings. The molecule has 0 fully saturated rings. The molecule has 2 heteroatoms. The van der Waals surface area contributed by atoms with Gasteiger partial charge in [-0.3, -0.25) is 0 Å². The highest BCUT2D eigenvalue weighted by molar-refractivity contribution is 6.16. The number of nitrogens with zero attached hydrogens (tertiary/aromatic N) is 1. The summed E-state index contributed by atoms with van der Waals surface area (Å²) in [5.41, 5.74) is 9.79. The number of anilines is 3. The largest absolute Gasteiger partial charge is 0.455 e. The van der Waals surface area contributed by atoms with Crippen molar-refractivity contribution in [1.29, 1.82) is 0 Å². The van der Waals surface area contributed by atoms with Gasteiger partial charge < -0.3 is 9.32 Å². The van der Waals surface area contributed by atoms with Crippen molar-refractivity contribution in [3.63, 3.8) is 0 Å². The smallest absolute Gasteiger partial charge is 0.143 e. The maximum absolute atomic E-state index is 6.53. The molecule has 0 saturated heterocycles. The van der Waals surface area contributed by atoms with Gasteiger partial charge in [-0.2, -0.15) is 0 Å². The first-order valence-electron chi connectivity index (χ1n) is 18.5. The predicted octanol–water partition coefficient (Wildman–Crippen LogP) is 15.0. The summed E-state index contributed by atoms with van der Waals surface area (Å²) in [7, 11) is 0. The Morgan fingerprint density at radius 3 is 1.83 bits per heavy atom. The zero-order valence-electron chi connectivity index (χ0n) is 29.4. The third kappa shape index (κ3) is 4.88. The summed E-state index contributed by atoms with van der Waals surface area (Å²) in [6.07, 6.45) is 0. The van der Waals surface area contributed by atoms with Crippen LogP contribution in [0.3, 0.4) is 0 Å². The second kappa shape index (κ2) is 12.2. The third-order valence-electron chi connectivity index (χ3n) is 11.0. The van der Waals surface area contributed by atoms with Crippen molar-refractivity contribution in [2.75, 3.05) is 4.90 Å². The van der Waals surface area contributed by atoms with Crippen molar-refractivity contribution in [2.45, 2.75) is 0 Å². The first-order chi connectivity index (χ1) is 26.8. The number of furan rings is 1. The van der Waals surface area contributed by atoms with Crippen LogP contribution in [-0.2, 0) is 0 Å². The van der Waals surface area contributed by atoms with E-state index >= 15 is 0 Å². The predicted molar refractivity (Wildman–Crippen MR) is 229 cm³/mol. The first kappa shape index (κ1) is 30.5. The highest BCUT2D eigenvalue weighted by atomic mass is 16.3. The Kier molecular flexibility index (Phi) is 6.90. The Bertz CT molecular complexity index is 3240. The van der Waals surface area contributed by atoms with Crippen molar-refractivity contribution in [3.05, 3.63) is 200 Å². The van der Waals surface area contributed by atoms with Crippen LogP contribution in [-0.4, -0.2) is 0 Å². The Morgan fingerprint density at radius 2 is 0.944 bits per heavy atom. The quantitative estimate of drug-likeness (QED) is 0.168. The topological polar surface area (TPSA) is 16.4 Å². The summed E-state index contributed by atoms with van der Waals surface area (Å²) in [6, 6.07) is 72.4. The van der Waals surface area contributed by atoms with Crippen LogP contribution in [0.2, 0.25) is 0 Å². The van der Waals surface area contributed by atoms with Gasteiger partial charge in [0.25, 0.3) is 0 Å². The molecule has 1 aromatic heterocycles. The molecule has 0 unspecified atom stereocenters. The van der Waals surface area contributed by atoms with E-state index in [0.29, 0.717) is 0 Å². The standard InChI is InChI=1S/C52H33NO/c1-2-14-37-31-39(24-23-34(37)11-1)38-15-9-16-41(32-38)53(50-22-10-20-45-42-17-5-3-12-35(42)25-28-46(45)50)49-21-8-7-18-43(49)40-27-30-51-48(33-40)47-29-26-36-13-4-6-19-44(36)52(47)54-51/h1-33H. The van der Waals surface area contributed by atoms with Gasteiger partial charge in [-0.15, -0.1) is 0 Å². The average molecular weight is 688 g/mol. The van der Waals surface area contributed by atoms with Gasteiger partial charge in [0.2, 0.25) is 0 Å². The van der Waals surface area contributed by atoms with Gasteiger partial charge in [0.05, 0.1) is 11.4 Å². The number of fused-ring (bicyclic) bond motifs is 9. The molecule has 252 valence electrons. The Labute approximate surface area is 312 Å². The monoisotopic (exact) mass is 687 g/mol. The lowest BCUT2D eigenvalue weighted by atomic mass is 9.96. The van der Waals surface area contributed by atoms with E-state index in [9.17, 15) is 0 Å². The van der Waals surface area contributed by atoms with E-state index in [1.165, 1.54) is 48.8 Å². The summed E-state index contributed by atoms with van der Waals surface area (Å²) in [6.45, 7) is 0. The molecule has 0 aliphatic carbocycles. The van der Waals surface area contributed by atoms with Crippen LogP contribution in [0.15, 0.2) is 205 Å². The van der Waals surface area contributed by atoms with Crippen molar-refractivity contribution in [3.8, 4) is 22.3 Å². The van der Waals surface area contributed by atoms with E-state index in [1.54, 1.807) is 0 Å². The van der Waals surface area contributed by atoms with Crippen LogP contribution in [0.4, 0.5) is 17.1 Å². The second-order valence-electron chi connectivity index (χ2n) is 14.1. The molecule has 0 N–H and O–H groups in total. The first-order valence-corrected chi connectivity index (χ1v) is 18.5. The number of rotatable bonds is 5. The molecule has 11 aromatic rings. The minimum Gasteiger partial charge on any atom is -0.455 e. The lowest BCUT2D eigenvalue weighted by molar-refractivity contribution is 0.672. The minimum atomic E-state index is 0.892. The maximum Gasteiger partial charge on any atom is 0.143 e. The molecule has 1 heterocycles. The van der Waals surface area contributed by atoms with Crippen LogP contribution in [0.25, 0.3) is 87.3 Å². The third-order valence-corrected chi connectivity index (χ3v) is 11.0. The summed E-state index contributed by atoms with van der Waals surface area (Å²) >= 11 is 0. The summed E-state index contributed by atoms with van der Waals surface area (Å²) in [4.78, 5) is 2.45. The molecule has 10 aromatic carbocycles. The van der Waals surface area contributed by atoms with Gasteiger partial charge in [0.15, 0.2) is 0 Å². The van der Waals surface area contributed by atoms with Gasteiger partial charge in [-0.1, -0.05) is 152 Å². The summed E-state index contributed by atoms with van der Waals surface area (Å²) in [5.74, 6) is 0. The maximum atomic E-state index is 6.53. The number of benzene rings is 10. The normalized spacial score (nSPS) is 11.7. The lowest BCUT2D eigenvalue weighted by Gasteiger charge is -2.29. The minimum absolute atomic E-state index is 0.892. The van der Waals surface area contributed by atoms with Gasteiger partial charge in [-0.25, -0.2) is 0 Å². The molecule has 54 heavy (non-hydrogen) atoms. The van der Waals surface area contributed by atoms with Crippen molar-refractivity contribution >= 4 is 82.1 Å². The molecule has 0 aliphatic heterocycles. The Balaban J connectivity index is 1.14. The molecule has 0 bridgehead atoms. The van der Waals surface area contributed by atoms with Crippen LogP contribution < -0.4 is 4.90 Å². The fourth-order valence-corrected chi connectivity index (χ4v) is 8.40. The summed E-state index contributed by atoms with van der Waals surface area (Å²) < 4.78 is 6.53. The fraction of sp³-hybridized carbons (Fsp3) is 0. The van der Waals surface area contributed by atoms with Crippen molar-refractivity contribution in [1.82, 2.24) is 0 Å². The highest BCUT2D eigenvalue weighted by Crippen LogP contribution is 2.46. The van der Waals surface area contributed by atoms with Gasteiger partial charge >= 0.3 is 0 Å². The molecule has 11 rings (SSSR count). The van der Waals surface area contributed by atoms with Gasteiger partial charge in [0, 0.05) is 32.8 Å². The van der Waals surface area contributed by atoms with E-state index in [-0.39, 0.29) is 0 Å².